The summed E-state index contributed by atoms with van der Waals surface area (Å²) in [5.41, 5.74) is 2.52. The van der Waals surface area contributed by atoms with Crippen LogP contribution in [0.1, 0.15) is 19.4 Å². The lowest BCUT2D eigenvalue weighted by atomic mass is 10.1. The van der Waals surface area contributed by atoms with Crippen LogP contribution in [0.2, 0.25) is 0 Å². The van der Waals surface area contributed by atoms with Gasteiger partial charge in [0, 0.05) is 44.7 Å². The third-order valence-corrected chi connectivity index (χ3v) is 4.33. The first kappa shape index (κ1) is 13.4. The van der Waals surface area contributed by atoms with Crippen molar-refractivity contribution in [2.45, 2.75) is 26.8 Å². The molecule has 0 amide bonds. The largest absolute Gasteiger partial charge is 0.352 e. The lowest BCUT2D eigenvalue weighted by molar-refractivity contribution is 0.209. The lowest BCUT2D eigenvalue weighted by Gasteiger charge is -2.37. The summed E-state index contributed by atoms with van der Waals surface area (Å²) >= 11 is 0. The maximum absolute atomic E-state index is 4.75. The summed E-state index contributed by atoms with van der Waals surface area (Å²) in [6.45, 7) is 11.1. The third kappa shape index (κ3) is 2.29. The number of aryl methyl sites for hydroxylation is 2. The highest BCUT2D eigenvalue weighted by molar-refractivity contribution is 5.91. The number of rotatable bonds is 2. The molecule has 1 aliphatic heterocycles. The van der Waals surface area contributed by atoms with Crippen LogP contribution in [-0.2, 0) is 7.05 Å². The van der Waals surface area contributed by atoms with Crippen molar-refractivity contribution in [2.75, 3.05) is 31.1 Å². The summed E-state index contributed by atoms with van der Waals surface area (Å²) in [7, 11) is 2.03. The first-order valence-corrected chi connectivity index (χ1v) is 7.48. The molecule has 0 N–H and O–H groups in total. The van der Waals surface area contributed by atoms with Crippen molar-refractivity contribution in [3.63, 3.8) is 0 Å². The fourth-order valence-electron chi connectivity index (χ4n) is 3.04. The number of hydrogen-bond donors (Lipinski definition) is 0. The predicted molar refractivity (Wildman–Crippen MR) is 84.4 cm³/mol. The highest BCUT2D eigenvalue weighted by Crippen LogP contribution is 2.27. The van der Waals surface area contributed by atoms with Gasteiger partial charge in [0.15, 0.2) is 5.82 Å². The standard InChI is InChI=1S/C16H24N4/c1-12(2)19-7-9-20(10-8-19)16-14-11-13(3)5-6-15(14)18(4)17-16/h5-6,11-12H,7-10H2,1-4H3. The first-order valence-electron chi connectivity index (χ1n) is 7.48. The minimum Gasteiger partial charge on any atom is -0.352 e. The summed E-state index contributed by atoms with van der Waals surface area (Å²) in [5.74, 6) is 1.15. The molecule has 0 unspecified atom stereocenters. The van der Waals surface area contributed by atoms with E-state index in [0.717, 1.165) is 32.0 Å². The van der Waals surface area contributed by atoms with Crippen molar-refractivity contribution < 1.29 is 0 Å². The molecular formula is C16H24N4. The van der Waals surface area contributed by atoms with Gasteiger partial charge in [0.2, 0.25) is 0 Å². The van der Waals surface area contributed by atoms with Crippen LogP contribution in [0, 0.1) is 6.92 Å². The van der Waals surface area contributed by atoms with Crippen LogP contribution in [0.25, 0.3) is 10.9 Å². The second kappa shape index (κ2) is 5.09. The van der Waals surface area contributed by atoms with Crippen molar-refractivity contribution in [3.8, 4) is 0 Å². The second-order valence-electron chi connectivity index (χ2n) is 6.08. The zero-order chi connectivity index (χ0) is 14.3. The number of nitrogens with zero attached hydrogens (tertiary/aromatic N) is 4. The molecule has 1 aromatic heterocycles. The van der Waals surface area contributed by atoms with Crippen LogP contribution in [0.3, 0.4) is 0 Å². The number of piperazine rings is 1. The SMILES string of the molecule is Cc1ccc2c(c1)c(N1CCN(C(C)C)CC1)nn2C. The molecule has 0 aliphatic carbocycles. The molecule has 0 saturated carbocycles. The summed E-state index contributed by atoms with van der Waals surface area (Å²) in [4.78, 5) is 4.97. The number of hydrogen-bond acceptors (Lipinski definition) is 3. The molecule has 1 aromatic carbocycles. The molecule has 2 heterocycles. The second-order valence-corrected chi connectivity index (χ2v) is 6.08. The Kier molecular flexibility index (Phi) is 3.42. The zero-order valence-electron chi connectivity index (χ0n) is 12.9. The quantitative estimate of drug-likeness (QED) is 0.839. The van der Waals surface area contributed by atoms with E-state index in [0.29, 0.717) is 6.04 Å². The molecule has 2 aromatic rings. The fourth-order valence-corrected chi connectivity index (χ4v) is 3.04. The van der Waals surface area contributed by atoms with Crippen LogP contribution in [0.5, 0.6) is 0 Å². The Bertz CT molecular complexity index is 606. The van der Waals surface area contributed by atoms with Gasteiger partial charge in [-0.2, -0.15) is 5.10 Å². The average Bonchev–Trinajstić information content (AvgIpc) is 2.75. The van der Waals surface area contributed by atoms with Gasteiger partial charge in [-0.05, 0) is 32.9 Å². The molecule has 1 fully saturated rings. The Morgan fingerprint density at radius 1 is 1.10 bits per heavy atom. The Morgan fingerprint density at radius 3 is 2.45 bits per heavy atom. The van der Waals surface area contributed by atoms with Gasteiger partial charge in [0.05, 0.1) is 5.52 Å². The maximum atomic E-state index is 4.75. The van der Waals surface area contributed by atoms with Crippen molar-refractivity contribution >= 4 is 16.7 Å². The Balaban J connectivity index is 1.90. The fraction of sp³-hybridized carbons (Fsp3) is 0.562. The summed E-state index contributed by atoms with van der Waals surface area (Å²) < 4.78 is 2.00. The molecule has 1 aliphatic rings. The Morgan fingerprint density at radius 2 is 1.80 bits per heavy atom. The Labute approximate surface area is 121 Å². The number of aromatic nitrogens is 2. The van der Waals surface area contributed by atoms with Gasteiger partial charge in [-0.3, -0.25) is 9.58 Å². The summed E-state index contributed by atoms with van der Waals surface area (Å²) in [6.07, 6.45) is 0. The van der Waals surface area contributed by atoms with E-state index in [4.69, 9.17) is 5.10 Å². The summed E-state index contributed by atoms with van der Waals surface area (Å²) in [6, 6.07) is 7.22. The highest BCUT2D eigenvalue weighted by Gasteiger charge is 2.22. The minimum absolute atomic E-state index is 0.639. The van der Waals surface area contributed by atoms with Gasteiger partial charge in [-0.25, -0.2) is 0 Å². The molecular weight excluding hydrogens is 248 g/mol. The summed E-state index contributed by atoms with van der Waals surface area (Å²) in [5, 5.41) is 6.03. The molecule has 3 rings (SSSR count). The number of benzene rings is 1. The molecule has 0 atom stereocenters. The molecule has 20 heavy (non-hydrogen) atoms. The predicted octanol–water partition coefficient (Wildman–Crippen LogP) is 2.41. The van der Waals surface area contributed by atoms with Crippen molar-refractivity contribution in [3.05, 3.63) is 23.8 Å². The van der Waals surface area contributed by atoms with Crippen LogP contribution in [0.4, 0.5) is 5.82 Å². The smallest absolute Gasteiger partial charge is 0.158 e. The molecule has 4 nitrogen and oxygen atoms in total. The highest BCUT2D eigenvalue weighted by atomic mass is 15.4. The van der Waals surface area contributed by atoms with Crippen molar-refractivity contribution in [1.82, 2.24) is 14.7 Å². The van der Waals surface area contributed by atoms with Gasteiger partial charge < -0.3 is 4.90 Å². The lowest BCUT2D eigenvalue weighted by Crippen LogP contribution is -2.49. The zero-order valence-corrected chi connectivity index (χ0v) is 12.9. The van der Waals surface area contributed by atoms with E-state index in [1.807, 2.05) is 11.7 Å². The minimum atomic E-state index is 0.639. The van der Waals surface area contributed by atoms with Gasteiger partial charge in [-0.1, -0.05) is 11.6 Å². The van der Waals surface area contributed by atoms with E-state index in [1.54, 1.807) is 0 Å². The van der Waals surface area contributed by atoms with E-state index in [-0.39, 0.29) is 0 Å². The molecule has 0 bridgehead atoms. The first-order chi connectivity index (χ1) is 9.56. The van der Waals surface area contributed by atoms with Gasteiger partial charge in [0.1, 0.15) is 0 Å². The van der Waals surface area contributed by atoms with Gasteiger partial charge >= 0.3 is 0 Å². The molecule has 0 spiro atoms. The van der Waals surface area contributed by atoms with Gasteiger partial charge in [0.25, 0.3) is 0 Å². The number of fused-ring (bicyclic) bond motifs is 1. The average molecular weight is 272 g/mol. The monoisotopic (exact) mass is 272 g/mol. The van der Waals surface area contributed by atoms with Crippen molar-refractivity contribution in [2.24, 2.45) is 7.05 Å². The van der Waals surface area contributed by atoms with E-state index < -0.39 is 0 Å². The number of anilines is 1. The van der Waals surface area contributed by atoms with Gasteiger partial charge in [-0.15, -0.1) is 0 Å². The van der Waals surface area contributed by atoms with Crippen molar-refractivity contribution in [1.29, 1.82) is 0 Å². The Hall–Kier alpha value is -1.55. The topological polar surface area (TPSA) is 24.3 Å². The normalized spacial score (nSPS) is 17.4. The molecule has 0 radical (unpaired) electrons. The molecule has 108 valence electrons. The van der Waals surface area contributed by atoms with Crippen LogP contribution < -0.4 is 4.90 Å². The van der Waals surface area contributed by atoms with E-state index in [2.05, 4.69) is 48.8 Å². The van der Waals surface area contributed by atoms with E-state index >= 15 is 0 Å². The van der Waals surface area contributed by atoms with Crippen LogP contribution in [-0.4, -0.2) is 46.9 Å². The third-order valence-electron chi connectivity index (χ3n) is 4.33. The van der Waals surface area contributed by atoms with Crippen LogP contribution >= 0.6 is 0 Å². The van der Waals surface area contributed by atoms with Crippen LogP contribution in [0.15, 0.2) is 18.2 Å². The molecule has 4 heteroatoms. The molecule has 1 saturated heterocycles. The maximum Gasteiger partial charge on any atom is 0.158 e. The van der Waals surface area contributed by atoms with E-state index in [9.17, 15) is 0 Å². The van der Waals surface area contributed by atoms with E-state index in [1.165, 1.54) is 16.5 Å².